The molecule has 0 bridgehead atoms. The minimum absolute atomic E-state index is 0.337. The fourth-order valence-electron chi connectivity index (χ4n) is 1.39. The van der Waals surface area contributed by atoms with Crippen LogP contribution in [0, 0.1) is 0 Å². The molecule has 4 nitrogen and oxygen atoms in total. The van der Waals surface area contributed by atoms with Crippen molar-refractivity contribution >= 4 is 21.9 Å². The molecule has 0 aliphatic rings. The zero-order valence-electron chi connectivity index (χ0n) is 9.41. The third-order valence-electron chi connectivity index (χ3n) is 2.24. The van der Waals surface area contributed by atoms with Crippen LogP contribution in [0.1, 0.15) is 11.6 Å². The van der Waals surface area contributed by atoms with Gasteiger partial charge >= 0.3 is 5.97 Å². The predicted molar refractivity (Wildman–Crippen MR) is 64.5 cm³/mol. The van der Waals surface area contributed by atoms with E-state index in [4.69, 9.17) is 9.47 Å². The molecule has 0 spiro atoms. The lowest BCUT2D eigenvalue weighted by Gasteiger charge is -2.16. The van der Waals surface area contributed by atoms with Gasteiger partial charge in [0.2, 0.25) is 0 Å². The number of likely N-dealkylation sites (N-methyl/N-ethyl adjacent to an activating group) is 1. The van der Waals surface area contributed by atoms with E-state index in [0.717, 1.165) is 10.0 Å². The van der Waals surface area contributed by atoms with E-state index in [1.807, 2.05) is 12.1 Å². The van der Waals surface area contributed by atoms with Crippen LogP contribution < -0.4 is 10.1 Å². The van der Waals surface area contributed by atoms with Gasteiger partial charge in [0.05, 0.1) is 14.2 Å². The third kappa shape index (κ3) is 2.74. The van der Waals surface area contributed by atoms with Crippen molar-refractivity contribution < 1.29 is 14.3 Å². The van der Waals surface area contributed by atoms with Crippen molar-refractivity contribution in [2.45, 2.75) is 6.04 Å². The molecule has 1 aromatic rings. The maximum Gasteiger partial charge on any atom is 0.327 e. The number of rotatable bonds is 4. The molecule has 0 saturated carbocycles. The average Bonchev–Trinajstić information content (AvgIpc) is 2.32. The smallest absolute Gasteiger partial charge is 0.327 e. The van der Waals surface area contributed by atoms with Gasteiger partial charge in [-0.3, -0.25) is 0 Å². The van der Waals surface area contributed by atoms with Crippen molar-refractivity contribution in [3.8, 4) is 5.75 Å². The zero-order chi connectivity index (χ0) is 12.1. The Morgan fingerprint density at radius 1 is 1.44 bits per heavy atom. The number of ether oxygens (including phenoxy) is 2. The van der Waals surface area contributed by atoms with Gasteiger partial charge in [0, 0.05) is 4.47 Å². The van der Waals surface area contributed by atoms with E-state index in [9.17, 15) is 4.79 Å². The number of carbonyl (C=O) groups excluding carboxylic acids is 1. The van der Waals surface area contributed by atoms with Gasteiger partial charge in [0.25, 0.3) is 0 Å². The summed E-state index contributed by atoms with van der Waals surface area (Å²) in [4.78, 5) is 11.5. The van der Waals surface area contributed by atoms with Crippen LogP contribution in [0.2, 0.25) is 0 Å². The van der Waals surface area contributed by atoms with Crippen molar-refractivity contribution in [1.82, 2.24) is 5.32 Å². The first-order chi connectivity index (χ1) is 7.63. The second-order valence-electron chi connectivity index (χ2n) is 3.13. The summed E-state index contributed by atoms with van der Waals surface area (Å²) in [6.45, 7) is 0. The highest BCUT2D eigenvalue weighted by atomic mass is 79.9. The van der Waals surface area contributed by atoms with Crippen molar-refractivity contribution in [2.75, 3.05) is 21.3 Å². The lowest BCUT2D eigenvalue weighted by atomic mass is 10.1. The van der Waals surface area contributed by atoms with E-state index in [1.165, 1.54) is 7.11 Å². The molecule has 5 heteroatoms. The molecule has 1 rings (SSSR count). The Labute approximate surface area is 103 Å². The van der Waals surface area contributed by atoms with Gasteiger partial charge in [-0.2, -0.15) is 0 Å². The number of hydrogen-bond acceptors (Lipinski definition) is 4. The Morgan fingerprint density at radius 2 is 2.12 bits per heavy atom. The number of halogens is 1. The number of benzene rings is 1. The van der Waals surface area contributed by atoms with Gasteiger partial charge in [-0.15, -0.1) is 0 Å². The molecular weight excluding hydrogens is 274 g/mol. The number of methoxy groups -OCH3 is 2. The van der Waals surface area contributed by atoms with Crippen LogP contribution in [0.4, 0.5) is 0 Å². The fourth-order valence-corrected chi connectivity index (χ4v) is 1.86. The monoisotopic (exact) mass is 287 g/mol. The van der Waals surface area contributed by atoms with Crippen molar-refractivity contribution in [1.29, 1.82) is 0 Å². The van der Waals surface area contributed by atoms with Crippen molar-refractivity contribution in [3.05, 3.63) is 28.2 Å². The second-order valence-corrected chi connectivity index (χ2v) is 3.99. The third-order valence-corrected chi connectivity index (χ3v) is 2.96. The summed E-state index contributed by atoms with van der Waals surface area (Å²) in [6, 6.07) is 4.94. The fraction of sp³-hybridized carbons (Fsp3) is 0.364. The van der Waals surface area contributed by atoms with Crippen LogP contribution >= 0.6 is 15.9 Å². The Kier molecular flexibility index (Phi) is 4.76. The molecule has 0 aliphatic heterocycles. The summed E-state index contributed by atoms with van der Waals surface area (Å²) in [5, 5.41) is 2.90. The molecule has 0 fully saturated rings. The molecule has 0 aliphatic carbocycles. The van der Waals surface area contributed by atoms with Gasteiger partial charge in [-0.25, -0.2) is 4.79 Å². The van der Waals surface area contributed by atoms with E-state index < -0.39 is 6.04 Å². The van der Waals surface area contributed by atoms with Crippen LogP contribution in [0.5, 0.6) is 5.75 Å². The zero-order valence-corrected chi connectivity index (χ0v) is 11.0. The Morgan fingerprint density at radius 3 is 2.62 bits per heavy atom. The summed E-state index contributed by atoms with van der Waals surface area (Å²) in [5.74, 6) is 0.360. The van der Waals surface area contributed by atoms with E-state index in [0.29, 0.717) is 5.75 Å². The standard InChI is InChI=1S/C11H14BrNO3/c1-13-10(11(14)16-3)8-6-7(15-2)4-5-9(8)12/h4-6,10,13H,1-3H3/t10-/m1/s1. The lowest BCUT2D eigenvalue weighted by Crippen LogP contribution is -2.26. The maximum atomic E-state index is 11.5. The molecular formula is C11H14BrNO3. The SMILES string of the molecule is CN[C@@H](C(=O)OC)c1cc(OC)ccc1Br. The average molecular weight is 288 g/mol. The van der Waals surface area contributed by atoms with Gasteiger partial charge in [0.15, 0.2) is 0 Å². The topological polar surface area (TPSA) is 47.6 Å². The second kappa shape index (κ2) is 5.86. The normalized spacial score (nSPS) is 12.0. The van der Waals surface area contributed by atoms with Crippen molar-refractivity contribution in [3.63, 3.8) is 0 Å². The number of carbonyl (C=O) groups is 1. The number of esters is 1. The first-order valence-corrected chi connectivity index (χ1v) is 5.51. The summed E-state index contributed by atoms with van der Waals surface area (Å²) >= 11 is 3.40. The summed E-state index contributed by atoms with van der Waals surface area (Å²) in [5.41, 5.74) is 0.786. The Balaban J connectivity index is 3.12. The van der Waals surface area contributed by atoms with Crippen LogP contribution in [-0.4, -0.2) is 27.2 Å². The molecule has 0 radical (unpaired) electrons. The van der Waals surface area contributed by atoms with E-state index in [2.05, 4.69) is 21.2 Å². The minimum atomic E-state index is -0.505. The van der Waals surface area contributed by atoms with Crippen LogP contribution in [0.25, 0.3) is 0 Å². The summed E-state index contributed by atoms with van der Waals surface area (Å²) in [6.07, 6.45) is 0. The summed E-state index contributed by atoms with van der Waals surface area (Å²) < 4.78 is 10.7. The van der Waals surface area contributed by atoms with Gasteiger partial charge in [0.1, 0.15) is 11.8 Å². The lowest BCUT2D eigenvalue weighted by molar-refractivity contribution is -0.143. The van der Waals surface area contributed by atoms with Crippen molar-refractivity contribution in [2.24, 2.45) is 0 Å². The summed E-state index contributed by atoms with van der Waals surface area (Å²) in [7, 11) is 4.65. The molecule has 16 heavy (non-hydrogen) atoms. The first kappa shape index (κ1) is 13.0. The highest BCUT2D eigenvalue weighted by Gasteiger charge is 2.22. The quantitative estimate of drug-likeness (QED) is 0.860. The number of hydrogen-bond donors (Lipinski definition) is 1. The molecule has 0 amide bonds. The maximum absolute atomic E-state index is 11.5. The van der Waals surface area contributed by atoms with E-state index in [-0.39, 0.29) is 5.97 Å². The predicted octanol–water partition coefficient (Wildman–Crippen LogP) is 1.89. The molecule has 0 saturated heterocycles. The Hall–Kier alpha value is -1.07. The molecule has 1 aromatic carbocycles. The van der Waals surface area contributed by atoms with E-state index in [1.54, 1.807) is 20.2 Å². The molecule has 0 heterocycles. The Bertz CT molecular complexity index is 381. The van der Waals surface area contributed by atoms with E-state index >= 15 is 0 Å². The van der Waals surface area contributed by atoms with Gasteiger partial charge < -0.3 is 14.8 Å². The largest absolute Gasteiger partial charge is 0.497 e. The van der Waals surface area contributed by atoms with Crippen LogP contribution in [0.15, 0.2) is 22.7 Å². The van der Waals surface area contributed by atoms with Gasteiger partial charge in [-0.1, -0.05) is 15.9 Å². The highest BCUT2D eigenvalue weighted by molar-refractivity contribution is 9.10. The molecule has 88 valence electrons. The highest BCUT2D eigenvalue weighted by Crippen LogP contribution is 2.28. The number of nitrogens with one attached hydrogen (secondary N) is 1. The first-order valence-electron chi connectivity index (χ1n) is 4.72. The molecule has 1 N–H and O–H groups in total. The molecule has 1 atom stereocenters. The van der Waals surface area contributed by atoms with Gasteiger partial charge in [-0.05, 0) is 30.8 Å². The molecule has 0 aromatic heterocycles. The minimum Gasteiger partial charge on any atom is -0.497 e. The van der Waals surface area contributed by atoms with Crippen LogP contribution in [0.3, 0.4) is 0 Å². The van der Waals surface area contributed by atoms with Crippen LogP contribution in [-0.2, 0) is 9.53 Å². The molecule has 0 unspecified atom stereocenters.